The van der Waals surface area contributed by atoms with Crippen LogP contribution >= 0.6 is 12.4 Å². The van der Waals surface area contributed by atoms with Crippen molar-refractivity contribution in [3.8, 4) is 0 Å². The molecular weight excluding hydrogens is 364 g/mol. The lowest BCUT2D eigenvalue weighted by Gasteiger charge is -2.40. The maximum atomic E-state index is 2.67. The van der Waals surface area contributed by atoms with Crippen LogP contribution in [0.5, 0.6) is 0 Å². The van der Waals surface area contributed by atoms with Gasteiger partial charge in [-0.05, 0) is 74.5 Å². The molecule has 1 saturated carbocycles. The third-order valence-electron chi connectivity index (χ3n) is 7.12. The number of halogens is 1. The largest absolute Gasteiger partial charge is 0.369 e. The second-order valence-corrected chi connectivity index (χ2v) is 10.2. The summed E-state index contributed by atoms with van der Waals surface area (Å²) in [6.45, 7) is 17.9. The zero-order valence-corrected chi connectivity index (χ0v) is 19.8. The van der Waals surface area contributed by atoms with Gasteiger partial charge in [-0.3, -0.25) is 4.90 Å². The van der Waals surface area contributed by atoms with Crippen LogP contribution in [-0.4, -0.2) is 37.6 Å². The Bertz CT molecular complexity index is 591. The normalized spacial score (nSPS) is 24.1. The molecule has 1 aromatic carbocycles. The second kappa shape index (κ2) is 10.3. The van der Waals surface area contributed by atoms with Crippen molar-refractivity contribution in [3.63, 3.8) is 0 Å². The molecule has 3 heteroatoms. The number of aryl methyl sites for hydroxylation is 1. The molecule has 2 aliphatic rings. The summed E-state index contributed by atoms with van der Waals surface area (Å²) in [4.78, 5) is 5.33. The molecule has 2 nitrogen and oxygen atoms in total. The summed E-state index contributed by atoms with van der Waals surface area (Å²) in [5.41, 5.74) is 5.07. The predicted molar refractivity (Wildman–Crippen MR) is 126 cm³/mol. The Balaban J connectivity index is 0.00000280. The van der Waals surface area contributed by atoms with Gasteiger partial charge in [-0.2, -0.15) is 0 Å². The maximum Gasteiger partial charge on any atom is 0.0402 e. The van der Waals surface area contributed by atoms with Crippen molar-refractivity contribution < 1.29 is 0 Å². The van der Waals surface area contributed by atoms with Gasteiger partial charge in [0.05, 0.1) is 0 Å². The molecule has 1 aromatic rings. The van der Waals surface area contributed by atoms with E-state index in [1.54, 1.807) is 5.56 Å². The molecule has 0 aromatic heterocycles. The van der Waals surface area contributed by atoms with Gasteiger partial charge in [-0.1, -0.05) is 51.8 Å². The summed E-state index contributed by atoms with van der Waals surface area (Å²) in [5.74, 6) is 1.65. The van der Waals surface area contributed by atoms with Crippen molar-refractivity contribution >= 4 is 18.1 Å². The van der Waals surface area contributed by atoms with E-state index in [0.717, 1.165) is 11.8 Å². The number of nitrogens with zero attached hydrogens (tertiary/aromatic N) is 2. The number of rotatable bonds is 5. The smallest absolute Gasteiger partial charge is 0.0402 e. The Morgan fingerprint density at radius 3 is 2.18 bits per heavy atom. The van der Waals surface area contributed by atoms with E-state index in [4.69, 9.17) is 0 Å². The summed E-state index contributed by atoms with van der Waals surface area (Å²) in [6, 6.07) is 7.24. The van der Waals surface area contributed by atoms with Crippen molar-refractivity contribution in [1.29, 1.82) is 0 Å². The second-order valence-electron chi connectivity index (χ2n) is 10.2. The van der Waals surface area contributed by atoms with Gasteiger partial charge in [-0.15, -0.1) is 12.4 Å². The molecular formula is C25H43ClN2. The molecule has 2 fully saturated rings. The highest BCUT2D eigenvalue weighted by Crippen LogP contribution is 2.45. The van der Waals surface area contributed by atoms with Crippen LogP contribution in [0.2, 0.25) is 0 Å². The van der Waals surface area contributed by atoms with Crippen molar-refractivity contribution in [2.75, 3.05) is 37.6 Å². The van der Waals surface area contributed by atoms with E-state index >= 15 is 0 Å². The van der Waals surface area contributed by atoms with Crippen molar-refractivity contribution in [3.05, 3.63) is 29.3 Å². The third-order valence-corrected chi connectivity index (χ3v) is 7.12. The summed E-state index contributed by atoms with van der Waals surface area (Å²) >= 11 is 0. The number of hydrogen-bond acceptors (Lipinski definition) is 2. The van der Waals surface area contributed by atoms with E-state index in [9.17, 15) is 0 Å². The third kappa shape index (κ3) is 5.89. The Morgan fingerprint density at radius 2 is 1.61 bits per heavy atom. The molecule has 160 valence electrons. The average molecular weight is 407 g/mol. The minimum atomic E-state index is 0. The maximum absolute atomic E-state index is 2.67. The number of anilines is 1. The van der Waals surface area contributed by atoms with Gasteiger partial charge >= 0.3 is 0 Å². The Hall–Kier alpha value is -0.730. The van der Waals surface area contributed by atoms with Crippen LogP contribution in [0.25, 0.3) is 0 Å². The number of piperazine rings is 1. The van der Waals surface area contributed by atoms with Crippen molar-refractivity contribution in [1.82, 2.24) is 4.90 Å². The minimum absolute atomic E-state index is 0. The number of benzene rings is 1. The Labute approximate surface area is 180 Å². The van der Waals surface area contributed by atoms with Crippen LogP contribution in [0.15, 0.2) is 18.2 Å². The molecule has 1 heterocycles. The number of unbranched alkanes of at least 4 members (excludes halogenated alkanes) is 1. The van der Waals surface area contributed by atoms with Crippen LogP contribution in [0.1, 0.15) is 83.3 Å². The molecule has 28 heavy (non-hydrogen) atoms. The molecule has 0 radical (unpaired) electrons. The van der Waals surface area contributed by atoms with Gasteiger partial charge in [0.2, 0.25) is 0 Å². The van der Waals surface area contributed by atoms with Gasteiger partial charge in [-0.25, -0.2) is 0 Å². The minimum Gasteiger partial charge on any atom is -0.369 e. The van der Waals surface area contributed by atoms with E-state index in [2.05, 4.69) is 62.6 Å². The van der Waals surface area contributed by atoms with E-state index in [1.165, 1.54) is 82.5 Å². The van der Waals surface area contributed by atoms with Crippen molar-refractivity contribution in [2.45, 2.75) is 79.1 Å². The Morgan fingerprint density at radius 1 is 0.964 bits per heavy atom. The quantitative estimate of drug-likeness (QED) is 0.539. The molecule has 0 atom stereocenters. The lowest BCUT2D eigenvalue weighted by Crippen LogP contribution is -2.47. The Kier molecular flexibility index (Phi) is 8.70. The summed E-state index contributed by atoms with van der Waals surface area (Å²) in [6.07, 6.45) is 8.18. The lowest BCUT2D eigenvalue weighted by atomic mass is 9.68. The molecule has 1 saturated heterocycles. The van der Waals surface area contributed by atoms with Crippen LogP contribution < -0.4 is 4.90 Å². The molecule has 1 aliphatic carbocycles. The molecule has 3 rings (SSSR count). The first-order chi connectivity index (χ1) is 12.9. The zero-order valence-electron chi connectivity index (χ0n) is 19.0. The molecule has 0 spiro atoms. The highest BCUT2D eigenvalue weighted by Gasteiger charge is 2.31. The summed E-state index contributed by atoms with van der Waals surface area (Å²) in [5, 5.41) is 0. The highest BCUT2D eigenvalue weighted by molar-refractivity contribution is 5.85. The molecule has 0 amide bonds. The molecule has 0 unspecified atom stereocenters. The van der Waals surface area contributed by atoms with E-state index in [0.29, 0.717) is 5.41 Å². The van der Waals surface area contributed by atoms with Gasteiger partial charge in [0.1, 0.15) is 0 Å². The lowest BCUT2D eigenvalue weighted by molar-refractivity contribution is 0.169. The van der Waals surface area contributed by atoms with Crippen LogP contribution in [-0.2, 0) is 0 Å². The SMILES string of the molecule is CCCCN1CCN(c2ccc(C)cc2C2CCC(C(C)(C)C)CC2)CC1.Cl. The first-order valence-electron chi connectivity index (χ1n) is 11.5. The van der Waals surface area contributed by atoms with Gasteiger partial charge in [0.25, 0.3) is 0 Å². The van der Waals surface area contributed by atoms with Crippen LogP contribution in [0.3, 0.4) is 0 Å². The number of hydrogen-bond donors (Lipinski definition) is 0. The highest BCUT2D eigenvalue weighted by atomic mass is 35.5. The first-order valence-corrected chi connectivity index (χ1v) is 11.5. The fourth-order valence-electron chi connectivity index (χ4n) is 5.15. The monoisotopic (exact) mass is 406 g/mol. The molecule has 0 N–H and O–H groups in total. The molecule has 1 aliphatic heterocycles. The topological polar surface area (TPSA) is 6.48 Å². The van der Waals surface area contributed by atoms with E-state index in [-0.39, 0.29) is 12.4 Å². The first kappa shape index (κ1) is 23.5. The molecule has 0 bridgehead atoms. The van der Waals surface area contributed by atoms with Crippen LogP contribution in [0.4, 0.5) is 5.69 Å². The van der Waals surface area contributed by atoms with Gasteiger partial charge in [0.15, 0.2) is 0 Å². The summed E-state index contributed by atoms with van der Waals surface area (Å²) < 4.78 is 0. The standard InChI is InChI=1S/C25H42N2.ClH/c1-6-7-14-26-15-17-27(18-16-26)24-13-8-20(2)19-23(24)21-9-11-22(12-10-21)25(3,4)5;/h8,13,19,21-22H,6-7,9-12,14-18H2,1-5H3;1H. The van der Waals surface area contributed by atoms with E-state index in [1.807, 2.05) is 0 Å². The van der Waals surface area contributed by atoms with Gasteiger partial charge < -0.3 is 4.90 Å². The fraction of sp³-hybridized carbons (Fsp3) is 0.760. The predicted octanol–water partition coefficient (Wildman–Crippen LogP) is 6.66. The average Bonchev–Trinajstić information content (AvgIpc) is 2.66. The van der Waals surface area contributed by atoms with Crippen LogP contribution in [0, 0.1) is 18.3 Å². The van der Waals surface area contributed by atoms with E-state index < -0.39 is 0 Å². The van der Waals surface area contributed by atoms with Gasteiger partial charge in [0, 0.05) is 31.9 Å². The zero-order chi connectivity index (χ0) is 19.4. The summed E-state index contributed by atoms with van der Waals surface area (Å²) in [7, 11) is 0. The van der Waals surface area contributed by atoms with Crippen molar-refractivity contribution in [2.24, 2.45) is 11.3 Å². The fourth-order valence-corrected chi connectivity index (χ4v) is 5.15.